The molecule has 2 aromatic rings. The van der Waals surface area contributed by atoms with Crippen LogP contribution in [0.15, 0.2) is 66.3 Å². The smallest absolute Gasteiger partial charge is 0.331 e. The summed E-state index contributed by atoms with van der Waals surface area (Å²) >= 11 is 0. The lowest BCUT2D eigenvalue weighted by Crippen LogP contribution is -2.16. The number of rotatable bonds is 7. The fraction of sp³-hybridized carbons (Fsp3) is 0.154. The molecule has 2 N–H and O–H groups in total. The zero-order valence-corrected chi connectivity index (χ0v) is 18.4. The van der Waals surface area contributed by atoms with Gasteiger partial charge in [-0.05, 0) is 62.4 Å². The Hall–Kier alpha value is -4.33. The topological polar surface area (TPSA) is 118 Å². The first-order chi connectivity index (χ1) is 16.1. The number of hydrogen-bond acceptors (Lipinski definition) is 7. The molecule has 0 amide bonds. The van der Waals surface area contributed by atoms with Crippen LogP contribution < -0.4 is 0 Å². The van der Waals surface area contributed by atoms with Gasteiger partial charge in [0.05, 0.1) is 11.1 Å². The summed E-state index contributed by atoms with van der Waals surface area (Å²) in [4.78, 5) is 49.0. The second-order valence-electron chi connectivity index (χ2n) is 7.79. The molecule has 2 aromatic carbocycles. The van der Waals surface area contributed by atoms with E-state index in [0.29, 0.717) is 0 Å². The molecule has 1 aliphatic rings. The molecular weight excluding hydrogens is 443 g/mol. The van der Waals surface area contributed by atoms with Crippen molar-refractivity contribution in [1.29, 1.82) is 0 Å². The minimum Gasteiger partial charge on any atom is -0.507 e. The number of allylic oxidation sites excluding steroid dienone is 4. The molecule has 0 radical (unpaired) electrons. The van der Waals surface area contributed by atoms with Gasteiger partial charge in [0.15, 0.2) is 17.3 Å². The monoisotopic (exact) mass is 464 g/mol. The average Bonchev–Trinajstić information content (AvgIpc) is 2.79. The molecule has 8 heteroatoms. The highest BCUT2D eigenvalue weighted by atomic mass is 19.1. The summed E-state index contributed by atoms with van der Waals surface area (Å²) in [6.07, 6.45) is 4.48. The molecule has 1 aliphatic carbocycles. The number of ketones is 3. The lowest BCUT2D eigenvalue weighted by molar-refractivity contribution is -0.143. The van der Waals surface area contributed by atoms with Crippen molar-refractivity contribution < 1.29 is 38.5 Å². The molecule has 0 bridgehead atoms. The van der Waals surface area contributed by atoms with Crippen molar-refractivity contribution >= 4 is 23.3 Å². The predicted octanol–water partition coefficient (Wildman–Crippen LogP) is 4.55. The predicted molar refractivity (Wildman–Crippen MR) is 120 cm³/mol. The second kappa shape index (κ2) is 10.1. The van der Waals surface area contributed by atoms with Crippen LogP contribution in [0, 0.1) is 5.82 Å². The van der Waals surface area contributed by atoms with Gasteiger partial charge in [-0.2, -0.15) is 0 Å². The van der Waals surface area contributed by atoms with E-state index in [1.165, 1.54) is 12.1 Å². The molecule has 1 unspecified atom stereocenters. The van der Waals surface area contributed by atoms with Gasteiger partial charge in [0.2, 0.25) is 0 Å². The van der Waals surface area contributed by atoms with Crippen LogP contribution in [0.1, 0.15) is 63.0 Å². The summed E-state index contributed by atoms with van der Waals surface area (Å²) in [5.41, 5.74) is 0.268. The molecule has 0 aromatic heterocycles. The van der Waals surface area contributed by atoms with E-state index in [0.717, 1.165) is 48.1 Å². The largest absolute Gasteiger partial charge is 0.507 e. The molecule has 34 heavy (non-hydrogen) atoms. The third-order valence-electron chi connectivity index (χ3n) is 5.03. The maximum atomic E-state index is 13.0. The van der Waals surface area contributed by atoms with E-state index in [9.17, 15) is 33.8 Å². The summed E-state index contributed by atoms with van der Waals surface area (Å²) in [7, 11) is 0. The first kappa shape index (κ1) is 24.3. The van der Waals surface area contributed by atoms with Crippen LogP contribution in [-0.4, -0.2) is 33.5 Å². The summed E-state index contributed by atoms with van der Waals surface area (Å²) in [6, 6.07) is 5.84. The standard InChI is InChI=1S/C26H21FO7/c1-14(2)3-11-22(34-23(32)12-10-18(28)15-4-6-16(27)7-5-15)17-13-21(31)24-19(29)8-9-20(30)25(24)26(17)33/h3-10,12-13,22,31,33H,11H2,1-2H3/b12-10+. The zero-order chi connectivity index (χ0) is 25.0. The number of halogens is 1. The van der Waals surface area contributed by atoms with Crippen molar-refractivity contribution in [3.63, 3.8) is 0 Å². The number of ether oxygens (including phenoxy) is 1. The minimum absolute atomic E-state index is 0.0724. The van der Waals surface area contributed by atoms with Crippen molar-refractivity contribution in [3.8, 4) is 11.5 Å². The van der Waals surface area contributed by atoms with Gasteiger partial charge in [0.25, 0.3) is 0 Å². The number of carbonyl (C=O) groups excluding carboxylic acids is 4. The van der Waals surface area contributed by atoms with Crippen molar-refractivity contribution in [3.05, 3.63) is 94.4 Å². The molecule has 174 valence electrons. The van der Waals surface area contributed by atoms with Crippen LogP contribution >= 0.6 is 0 Å². The number of esters is 1. The van der Waals surface area contributed by atoms with Crippen molar-refractivity contribution in [2.75, 3.05) is 0 Å². The van der Waals surface area contributed by atoms with Gasteiger partial charge >= 0.3 is 5.97 Å². The summed E-state index contributed by atoms with van der Waals surface area (Å²) in [6.45, 7) is 3.61. The van der Waals surface area contributed by atoms with E-state index in [2.05, 4.69) is 0 Å². The molecule has 7 nitrogen and oxygen atoms in total. The average molecular weight is 464 g/mol. The quantitative estimate of drug-likeness (QED) is 0.203. The fourth-order valence-electron chi connectivity index (χ4n) is 3.35. The van der Waals surface area contributed by atoms with E-state index in [-0.39, 0.29) is 28.7 Å². The maximum absolute atomic E-state index is 13.0. The number of carbonyl (C=O) groups is 4. The Bertz CT molecular complexity index is 1260. The number of aromatic hydroxyl groups is 2. The number of phenolic OH excluding ortho intramolecular Hbond substituents is 2. The first-order valence-electron chi connectivity index (χ1n) is 10.3. The van der Waals surface area contributed by atoms with Crippen LogP contribution in [0.2, 0.25) is 0 Å². The number of fused-ring (bicyclic) bond motifs is 1. The van der Waals surface area contributed by atoms with Gasteiger partial charge in [-0.1, -0.05) is 11.6 Å². The fourth-order valence-corrected chi connectivity index (χ4v) is 3.35. The van der Waals surface area contributed by atoms with Crippen LogP contribution in [0.3, 0.4) is 0 Å². The highest BCUT2D eigenvalue weighted by Crippen LogP contribution is 2.41. The Morgan fingerprint density at radius 1 is 1.00 bits per heavy atom. The molecular formula is C26H21FO7. The summed E-state index contributed by atoms with van der Waals surface area (Å²) in [5.74, 6) is -4.43. The van der Waals surface area contributed by atoms with E-state index in [4.69, 9.17) is 4.74 Å². The third kappa shape index (κ3) is 5.35. The maximum Gasteiger partial charge on any atom is 0.331 e. The zero-order valence-electron chi connectivity index (χ0n) is 18.4. The van der Waals surface area contributed by atoms with Gasteiger partial charge in [0.1, 0.15) is 23.4 Å². The lowest BCUT2D eigenvalue weighted by atomic mass is 9.89. The molecule has 0 saturated carbocycles. The Morgan fingerprint density at radius 2 is 1.62 bits per heavy atom. The van der Waals surface area contributed by atoms with Gasteiger partial charge in [-0.25, -0.2) is 9.18 Å². The van der Waals surface area contributed by atoms with Gasteiger partial charge in [-0.15, -0.1) is 0 Å². The number of benzene rings is 2. The highest BCUT2D eigenvalue weighted by Gasteiger charge is 2.31. The van der Waals surface area contributed by atoms with Gasteiger partial charge in [0, 0.05) is 23.6 Å². The van der Waals surface area contributed by atoms with Crippen LogP contribution in [0.25, 0.3) is 0 Å². The van der Waals surface area contributed by atoms with E-state index in [1.54, 1.807) is 19.9 Å². The molecule has 0 saturated heterocycles. The Kier molecular flexibility index (Phi) is 7.21. The molecule has 1 atom stereocenters. The molecule has 0 heterocycles. The number of hydrogen-bond donors (Lipinski definition) is 2. The van der Waals surface area contributed by atoms with E-state index in [1.807, 2.05) is 0 Å². The van der Waals surface area contributed by atoms with Crippen molar-refractivity contribution in [2.24, 2.45) is 0 Å². The SMILES string of the molecule is CC(C)=CCC(OC(=O)/C=C/C(=O)c1ccc(F)cc1)c1cc(O)c2c(c1O)C(=O)C=CC2=O. The van der Waals surface area contributed by atoms with Crippen LogP contribution in [0.5, 0.6) is 11.5 Å². The molecule has 3 rings (SSSR count). The summed E-state index contributed by atoms with van der Waals surface area (Å²) in [5, 5.41) is 21.1. The Morgan fingerprint density at radius 3 is 2.24 bits per heavy atom. The van der Waals surface area contributed by atoms with Gasteiger partial charge in [-0.3, -0.25) is 14.4 Å². The molecule has 0 fully saturated rings. The van der Waals surface area contributed by atoms with E-state index < -0.39 is 46.7 Å². The van der Waals surface area contributed by atoms with Gasteiger partial charge < -0.3 is 14.9 Å². The first-order valence-corrected chi connectivity index (χ1v) is 10.3. The summed E-state index contributed by atoms with van der Waals surface area (Å²) < 4.78 is 18.4. The van der Waals surface area contributed by atoms with Crippen LogP contribution in [0.4, 0.5) is 4.39 Å². The Labute approximate surface area is 194 Å². The Balaban J connectivity index is 1.91. The molecule has 0 spiro atoms. The number of phenols is 2. The highest BCUT2D eigenvalue weighted by molar-refractivity contribution is 6.24. The van der Waals surface area contributed by atoms with E-state index >= 15 is 0 Å². The normalized spacial score (nSPS) is 13.5. The molecule has 0 aliphatic heterocycles. The lowest BCUT2D eigenvalue weighted by Gasteiger charge is -2.21. The third-order valence-corrected chi connectivity index (χ3v) is 5.03. The van der Waals surface area contributed by atoms with Crippen molar-refractivity contribution in [1.82, 2.24) is 0 Å². The van der Waals surface area contributed by atoms with Crippen molar-refractivity contribution in [2.45, 2.75) is 26.4 Å². The van der Waals surface area contributed by atoms with Crippen LogP contribution in [-0.2, 0) is 9.53 Å². The second-order valence-corrected chi connectivity index (χ2v) is 7.79. The minimum atomic E-state index is -1.14.